The molecule has 0 aromatic heterocycles. The molecule has 104 valence electrons. The standard InChI is InChI=1S/C16H24N2O/c1-3-12(4-2)16(19)18-11-5-6-15(18)13-7-9-14(17)10-8-13/h7-10,12,15H,3-6,11,17H2,1-2H3. The second-order valence-electron chi connectivity index (χ2n) is 5.37. The van der Waals surface area contributed by atoms with Gasteiger partial charge < -0.3 is 10.6 Å². The minimum atomic E-state index is 0.175. The van der Waals surface area contributed by atoms with Gasteiger partial charge in [-0.25, -0.2) is 0 Å². The quantitative estimate of drug-likeness (QED) is 0.844. The fraction of sp³-hybridized carbons (Fsp3) is 0.562. The van der Waals surface area contributed by atoms with Gasteiger partial charge >= 0.3 is 0 Å². The zero-order valence-electron chi connectivity index (χ0n) is 11.9. The number of hydrogen-bond donors (Lipinski definition) is 1. The molecule has 1 aliphatic rings. The molecule has 1 aromatic carbocycles. The van der Waals surface area contributed by atoms with Gasteiger partial charge in [0.1, 0.15) is 0 Å². The summed E-state index contributed by atoms with van der Waals surface area (Å²) in [5.41, 5.74) is 7.72. The smallest absolute Gasteiger partial charge is 0.226 e. The largest absolute Gasteiger partial charge is 0.399 e. The summed E-state index contributed by atoms with van der Waals surface area (Å²) in [6.45, 7) is 5.09. The van der Waals surface area contributed by atoms with E-state index in [2.05, 4.69) is 30.9 Å². The highest BCUT2D eigenvalue weighted by Crippen LogP contribution is 2.34. The Morgan fingerprint density at radius 2 is 1.95 bits per heavy atom. The van der Waals surface area contributed by atoms with Gasteiger partial charge in [-0.05, 0) is 43.4 Å². The number of carbonyl (C=O) groups excluding carboxylic acids is 1. The maximum Gasteiger partial charge on any atom is 0.226 e. The highest BCUT2D eigenvalue weighted by Gasteiger charge is 2.32. The van der Waals surface area contributed by atoms with Crippen molar-refractivity contribution in [2.24, 2.45) is 5.92 Å². The van der Waals surface area contributed by atoms with Crippen LogP contribution >= 0.6 is 0 Å². The van der Waals surface area contributed by atoms with Gasteiger partial charge in [0, 0.05) is 18.2 Å². The number of nitrogens with zero attached hydrogens (tertiary/aromatic N) is 1. The molecule has 1 heterocycles. The first-order valence-electron chi connectivity index (χ1n) is 7.33. The summed E-state index contributed by atoms with van der Waals surface area (Å²) in [5, 5.41) is 0. The van der Waals surface area contributed by atoms with Gasteiger partial charge in [-0.3, -0.25) is 4.79 Å². The lowest BCUT2D eigenvalue weighted by molar-refractivity contribution is -0.136. The molecule has 0 saturated carbocycles. The molecule has 2 rings (SSSR count). The minimum absolute atomic E-state index is 0.175. The van der Waals surface area contributed by atoms with E-state index in [1.54, 1.807) is 0 Å². The average Bonchev–Trinajstić information content (AvgIpc) is 2.90. The molecule has 19 heavy (non-hydrogen) atoms. The lowest BCUT2D eigenvalue weighted by Crippen LogP contribution is -2.35. The van der Waals surface area contributed by atoms with Crippen LogP contribution in [-0.2, 0) is 4.79 Å². The van der Waals surface area contributed by atoms with Crippen LogP contribution in [0, 0.1) is 5.92 Å². The number of carbonyl (C=O) groups is 1. The van der Waals surface area contributed by atoms with Gasteiger partial charge in [-0.2, -0.15) is 0 Å². The van der Waals surface area contributed by atoms with Crippen molar-refractivity contribution >= 4 is 11.6 Å². The highest BCUT2D eigenvalue weighted by molar-refractivity contribution is 5.79. The van der Waals surface area contributed by atoms with Crippen LogP contribution in [0.15, 0.2) is 24.3 Å². The van der Waals surface area contributed by atoms with Crippen LogP contribution in [0.2, 0.25) is 0 Å². The Hall–Kier alpha value is -1.51. The number of nitrogens with two attached hydrogens (primary N) is 1. The second-order valence-corrected chi connectivity index (χ2v) is 5.37. The molecular formula is C16H24N2O. The molecule has 1 aliphatic heterocycles. The Morgan fingerprint density at radius 3 is 2.53 bits per heavy atom. The third-order valence-electron chi connectivity index (χ3n) is 4.19. The maximum absolute atomic E-state index is 12.6. The third-order valence-corrected chi connectivity index (χ3v) is 4.19. The Morgan fingerprint density at radius 1 is 1.32 bits per heavy atom. The second kappa shape index (κ2) is 6.09. The Labute approximate surface area is 115 Å². The van der Waals surface area contributed by atoms with Crippen LogP contribution in [0.25, 0.3) is 0 Å². The van der Waals surface area contributed by atoms with Crippen molar-refractivity contribution in [3.8, 4) is 0 Å². The van der Waals surface area contributed by atoms with Gasteiger partial charge in [0.15, 0.2) is 0 Å². The Kier molecular flexibility index (Phi) is 4.46. The van der Waals surface area contributed by atoms with E-state index in [-0.39, 0.29) is 12.0 Å². The number of rotatable bonds is 4. The van der Waals surface area contributed by atoms with E-state index in [9.17, 15) is 4.79 Å². The first-order chi connectivity index (χ1) is 9.17. The molecule has 0 bridgehead atoms. The fourth-order valence-electron chi connectivity index (χ4n) is 2.97. The summed E-state index contributed by atoms with van der Waals surface area (Å²) < 4.78 is 0. The molecule has 1 unspecified atom stereocenters. The summed E-state index contributed by atoms with van der Waals surface area (Å²) in [5.74, 6) is 0.499. The Balaban J connectivity index is 2.16. The molecular weight excluding hydrogens is 236 g/mol. The molecule has 3 nitrogen and oxygen atoms in total. The summed E-state index contributed by atoms with van der Waals surface area (Å²) in [7, 11) is 0. The third kappa shape index (κ3) is 2.91. The van der Waals surface area contributed by atoms with E-state index in [0.29, 0.717) is 5.91 Å². The van der Waals surface area contributed by atoms with Crippen LogP contribution in [0.1, 0.15) is 51.1 Å². The number of likely N-dealkylation sites (tertiary alicyclic amines) is 1. The van der Waals surface area contributed by atoms with Crippen molar-refractivity contribution in [3.63, 3.8) is 0 Å². The average molecular weight is 260 g/mol. The number of benzene rings is 1. The molecule has 3 heteroatoms. The molecule has 0 radical (unpaired) electrons. The van der Waals surface area contributed by atoms with E-state index in [0.717, 1.165) is 37.9 Å². The van der Waals surface area contributed by atoms with Crippen LogP contribution < -0.4 is 5.73 Å². The molecule has 1 aromatic rings. The van der Waals surface area contributed by atoms with E-state index in [4.69, 9.17) is 5.73 Å². The predicted octanol–water partition coefficient (Wildman–Crippen LogP) is 3.37. The van der Waals surface area contributed by atoms with Gasteiger partial charge in [-0.15, -0.1) is 0 Å². The van der Waals surface area contributed by atoms with Crippen LogP contribution in [0.5, 0.6) is 0 Å². The molecule has 1 fully saturated rings. The zero-order valence-corrected chi connectivity index (χ0v) is 11.9. The van der Waals surface area contributed by atoms with E-state index < -0.39 is 0 Å². The van der Waals surface area contributed by atoms with Crippen molar-refractivity contribution in [1.29, 1.82) is 0 Å². The number of nitrogen functional groups attached to an aromatic ring is 1. The molecule has 1 amide bonds. The summed E-state index contributed by atoms with van der Waals surface area (Å²) in [6, 6.07) is 8.20. The van der Waals surface area contributed by atoms with Gasteiger partial charge in [-0.1, -0.05) is 26.0 Å². The maximum atomic E-state index is 12.6. The van der Waals surface area contributed by atoms with Crippen molar-refractivity contribution in [1.82, 2.24) is 4.90 Å². The summed E-state index contributed by atoms with van der Waals surface area (Å²) in [4.78, 5) is 14.6. The molecule has 1 atom stereocenters. The van der Waals surface area contributed by atoms with Crippen molar-refractivity contribution in [2.75, 3.05) is 12.3 Å². The minimum Gasteiger partial charge on any atom is -0.399 e. The molecule has 1 saturated heterocycles. The number of amides is 1. The summed E-state index contributed by atoms with van der Waals surface area (Å²) in [6.07, 6.45) is 4.03. The SMILES string of the molecule is CCC(CC)C(=O)N1CCCC1c1ccc(N)cc1. The lowest BCUT2D eigenvalue weighted by Gasteiger charge is -2.28. The van der Waals surface area contributed by atoms with E-state index in [1.807, 2.05) is 12.1 Å². The Bertz CT molecular complexity index is 423. The monoisotopic (exact) mass is 260 g/mol. The van der Waals surface area contributed by atoms with Crippen molar-refractivity contribution in [3.05, 3.63) is 29.8 Å². The van der Waals surface area contributed by atoms with E-state index >= 15 is 0 Å². The van der Waals surface area contributed by atoms with Crippen LogP contribution in [0.4, 0.5) is 5.69 Å². The van der Waals surface area contributed by atoms with Gasteiger partial charge in [0.2, 0.25) is 5.91 Å². The zero-order chi connectivity index (χ0) is 13.8. The van der Waals surface area contributed by atoms with Gasteiger partial charge in [0.25, 0.3) is 0 Å². The molecule has 2 N–H and O–H groups in total. The first kappa shape index (κ1) is 13.9. The highest BCUT2D eigenvalue weighted by atomic mass is 16.2. The summed E-state index contributed by atoms with van der Waals surface area (Å²) >= 11 is 0. The van der Waals surface area contributed by atoms with Crippen LogP contribution in [0.3, 0.4) is 0 Å². The van der Waals surface area contributed by atoms with Crippen molar-refractivity contribution < 1.29 is 4.79 Å². The topological polar surface area (TPSA) is 46.3 Å². The van der Waals surface area contributed by atoms with E-state index in [1.165, 1.54) is 5.56 Å². The number of anilines is 1. The van der Waals surface area contributed by atoms with Crippen LogP contribution in [-0.4, -0.2) is 17.4 Å². The predicted molar refractivity (Wildman–Crippen MR) is 78.6 cm³/mol. The van der Waals surface area contributed by atoms with Gasteiger partial charge in [0.05, 0.1) is 6.04 Å². The molecule has 0 spiro atoms. The lowest BCUT2D eigenvalue weighted by atomic mass is 9.99. The van der Waals surface area contributed by atoms with Crippen molar-refractivity contribution in [2.45, 2.75) is 45.6 Å². The fourth-order valence-corrected chi connectivity index (χ4v) is 2.97. The normalized spacial score (nSPS) is 19.1. The molecule has 0 aliphatic carbocycles. The first-order valence-corrected chi connectivity index (χ1v) is 7.33. The number of hydrogen-bond acceptors (Lipinski definition) is 2.